The quantitative estimate of drug-likeness (QED) is 0.725. The first-order chi connectivity index (χ1) is 8.61. The van der Waals surface area contributed by atoms with Gasteiger partial charge in [-0.3, -0.25) is 0 Å². The van der Waals surface area contributed by atoms with Gasteiger partial charge in [0, 0.05) is 17.8 Å². The molecule has 0 N–H and O–H groups in total. The van der Waals surface area contributed by atoms with E-state index in [9.17, 15) is 4.39 Å². The van der Waals surface area contributed by atoms with Gasteiger partial charge in [-0.2, -0.15) is 0 Å². The fourth-order valence-electron chi connectivity index (χ4n) is 1.84. The Morgan fingerprint density at radius 3 is 2.67 bits per heavy atom. The number of halogens is 3. The summed E-state index contributed by atoms with van der Waals surface area (Å²) in [6, 6.07) is 8.75. The number of hydrogen-bond acceptors (Lipinski definition) is 2. The van der Waals surface area contributed by atoms with Crippen molar-refractivity contribution in [2.75, 3.05) is 11.9 Å². The number of thiophene rings is 1. The monoisotopic (exact) mass is 303 g/mol. The summed E-state index contributed by atoms with van der Waals surface area (Å²) in [4.78, 5) is 2.95. The molecule has 0 amide bonds. The van der Waals surface area contributed by atoms with Crippen LogP contribution < -0.4 is 4.90 Å². The van der Waals surface area contributed by atoms with Gasteiger partial charge in [-0.25, -0.2) is 4.39 Å². The van der Waals surface area contributed by atoms with E-state index in [0.717, 1.165) is 14.8 Å². The molecule has 2 rings (SSSR count). The maximum atomic E-state index is 13.9. The van der Waals surface area contributed by atoms with Crippen molar-refractivity contribution in [1.29, 1.82) is 0 Å². The van der Waals surface area contributed by atoms with E-state index in [1.807, 2.05) is 30.1 Å². The third kappa shape index (κ3) is 2.97. The molecule has 1 nitrogen and oxygen atoms in total. The molecule has 1 aromatic carbocycles. The molecule has 1 heterocycles. The Morgan fingerprint density at radius 1 is 1.28 bits per heavy atom. The average molecular weight is 304 g/mol. The lowest BCUT2D eigenvalue weighted by Gasteiger charge is -2.21. The Morgan fingerprint density at radius 2 is 2.06 bits per heavy atom. The van der Waals surface area contributed by atoms with Gasteiger partial charge in [-0.15, -0.1) is 22.9 Å². The topological polar surface area (TPSA) is 3.24 Å². The highest BCUT2D eigenvalue weighted by Crippen LogP contribution is 2.28. The van der Waals surface area contributed by atoms with Gasteiger partial charge in [0.15, 0.2) is 0 Å². The van der Waals surface area contributed by atoms with E-state index in [4.69, 9.17) is 23.2 Å². The highest BCUT2D eigenvalue weighted by atomic mass is 35.5. The maximum Gasteiger partial charge on any atom is 0.146 e. The summed E-state index contributed by atoms with van der Waals surface area (Å²) in [7, 11) is 1.85. The lowest BCUT2D eigenvalue weighted by atomic mass is 10.1. The fourth-order valence-corrected chi connectivity index (χ4v) is 3.20. The Bertz CT molecular complexity index is 542. The van der Waals surface area contributed by atoms with E-state index in [0.29, 0.717) is 18.1 Å². The third-order valence-corrected chi connectivity index (χ3v) is 4.12. The van der Waals surface area contributed by atoms with E-state index in [2.05, 4.69) is 0 Å². The van der Waals surface area contributed by atoms with Gasteiger partial charge in [0.2, 0.25) is 0 Å². The van der Waals surface area contributed by atoms with Crippen molar-refractivity contribution in [3.8, 4) is 0 Å². The molecule has 0 atom stereocenters. The van der Waals surface area contributed by atoms with Crippen LogP contribution in [0.15, 0.2) is 30.3 Å². The van der Waals surface area contributed by atoms with Gasteiger partial charge in [0.1, 0.15) is 5.82 Å². The van der Waals surface area contributed by atoms with E-state index in [1.54, 1.807) is 6.07 Å². The van der Waals surface area contributed by atoms with Crippen molar-refractivity contribution < 1.29 is 4.39 Å². The minimum atomic E-state index is -0.252. The minimum absolute atomic E-state index is 0.252. The second kappa shape index (κ2) is 5.91. The van der Waals surface area contributed by atoms with Crippen LogP contribution in [0.2, 0.25) is 4.34 Å². The number of nitrogens with zero attached hydrogens (tertiary/aromatic N) is 1. The zero-order valence-corrected chi connectivity index (χ0v) is 12.1. The molecule has 0 radical (unpaired) electrons. The molecule has 2 aromatic rings. The summed E-state index contributed by atoms with van der Waals surface area (Å²) < 4.78 is 14.6. The molecule has 0 unspecified atom stereocenters. The van der Waals surface area contributed by atoms with Crippen LogP contribution in [0.5, 0.6) is 0 Å². The largest absolute Gasteiger partial charge is 0.367 e. The average Bonchev–Trinajstić information content (AvgIpc) is 2.74. The smallest absolute Gasteiger partial charge is 0.146 e. The van der Waals surface area contributed by atoms with Crippen LogP contribution in [-0.4, -0.2) is 7.05 Å². The summed E-state index contributed by atoms with van der Waals surface area (Å²) in [5, 5.41) is 0. The van der Waals surface area contributed by atoms with E-state index < -0.39 is 0 Å². The molecule has 0 bridgehead atoms. The highest BCUT2D eigenvalue weighted by Gasteiger charge is 2.13. The van der Waals surface area contributed by atoms with Crippen molar-refractivity contribution in [2.24, 2.45) is 0 Å². The molecule has 96 valence electrons. The Hall–Kier alpha value is -0.770. The highest BCUT2D eigenvalue weighted by molar-refractivity contribution is 7.16. The summed E-state index contributed by atoms with van der Waals surface area (Å²) in [6.45, 7) is 0.613. The molecule has 0 saturated carbocycles. The van der Waals surface area contributed by atoms with Crippen molar-refractivity contribution >= 4 is 40.2 Å². The molecule has 1 aromatic heterocycles. The van der Waals surface area contributed by atoms with Gasteiger partial charge in [-0.1, -0.05) is 23.7 Å². The van der Waals surface area contributed by atoms with E-state index >= 15 is 0 Å². The molecular formula is C13H12Cl2FNS. The molecule has 0 aliphatic carbocycles. The summed E-state index contributed by atoms with van der Waals surface area (Å²) in [5.41, 5.74) is 1.35. The van der Waals surface area contributed by atoms with Crippen molar-refractivity contribution in [3.63, 3.8) is 0 Å². The van der Waals surface area contributed by atoms with E-state index in [1.165, 1.54) is 17.4 Å². The van der Waals surface area contributed by atoms with Crippen molar-refractivity contribution in [1.82, 2.24) is 0 Å². The first-order valence-electron chi connectivity index (χ1n) is 5.40. The third-order valence-electron chi connectivity index (χ3n) is 2.62. The number of benzene rings is 1. The molecule has 18 heavy (non-hydrogen) atoms. The molecule has 0 aliphatic heterocycles. The van der Waals surface area contributed by atoms with Crippen LogP contribution in [0, 0.1) is 5.82 Å². The predicted octanol–water partition coefficient (Wildman–Crippen LogP) is 4.92. The number of alkyl halides is 1. The van der Waals surface area contributed by atoms with Crippen LogP contribution in [0.25, 0.3) is 0 Å². The number of para-hydroxylation sites is 1. The zero-order valence-electron chi connectivity index (χ0n) is 9.79. The zero-order chi connectivity index (χ0) is 13.1. The summed E-state index contributed by atoms with van der Waals surface area (Å²) in [5.74, 6) is 0.0427. The fraction of sp³-hybridized carbons (Fsp3) is 0.231. The minimum Gasteiger partial charge on any atom is -0.367 e. The van der Waals surface area contributed by atoms with Crippen LogP contribution >= 0.6 is 34.5 Å². The van der Waals surface area contributed by atoms with Gasteiger partial charge in [-0.05, 0) is 23.8 Å². The molecule has 5 heteroatoms. The molecular weight excluding hydrogens is 292 g/mol. The summed E-state index contributed by atoms with van der Waals surface area (Å²) >= 11 is 13.2. The standard InChI is InChI=1S/C13H12Cl2FNS/c1-17(8-10-5-6-12(15)18-10)13-9(7-14)3-2-4-11(13)16/h2-6H,7-8H2,1H3. The molecule has 0 fully saturated rings. The van der Waals surface area contributed by atoms with Gasteiger partial charge < -0.3 is 4.90 Å². The molecule has 0 aliphatic rings. The second-order valence-corrected chi connectivity index (χ2v) is 6.01. The lowest BCUT2D eigenvalue weighted by Crippen LogP contribution is -2.18. The molecule has 0 saturated heterocycles. The van der Waals surface area contributed by atoms with Crippen LogP contribution in [0.1, 0.15) is 10.4 Å². The second-order valence-electron chi connectivity index (χ2n) is 3.94. The van der Waals surface area contributed by atoms with Gasteiger partial charge in [0.05, 0.1) is 16.6 Å². The van der Waals surface area contributed by atoms with Crippen molar-refractivity contribution in [3.05, 3.63) is 50.9 Å². The number of rotatable bonds is 4. The normalized spacial score (nSPS) is 10.7. The Balaban J connectivity index is 2.25. The predicted molar refractivity (Wildman–Crippen MR) is 77.4 cm³/mol. The van der Waals surface area contributed by atoms with Gasteiger partial charge in [0.25, 0.3) is 0 Å². The van der Waals surface area contributed by atoms with Crippen LogP contribution in [0.3, 0.4) is 0 Å². The van der Waals surface area contributed by atoms with E-state index in [-0.39, 0.29) is 5.82 Å². The number of hydrogen-bond donors (Lipinski definition) is 0. The van der Waals surface area contributed by atoms with Gasteiger partial charge >= 0.3 is 0 Å². The maximum absolute atomic E-state index is 13.9. The lowest BCUT2D eigenvalue weighted by molar-refractivity contribution is 0.621. The SMILES string of the molecule is CN(Cc1ccc(Cl)s1)c1c(F)cccc1CCl. The summed E-state index contributed by atoms with van der Waals surface area (Å²) in [6.07, 6.45) is 0. The van der Waals surface area contributed by atoms with Crippen LogP contribution in [-0.2, 0) is 12.4 Å². The van der Waals surface area contributed by atoms with Crippen LogP contribution in [0.4, 0.5) is 10.1 Å². The van der Waals surface area contributed by atoms with Crippen molar-refractivity contribution in [2.45, 2.75) is 12.4 Å². The number of anilines is 1. The molecule has 0 spiro atoms. The Labute approximate surface area is 120 Å². The Kier molecular flexibility index (Phi) is 4.49. The first kappa shape index (κ1) is 13.7. The first-order valence-corrected chi connectivity index (χ1v) is 7.13.